The van der Waals surface area contributed by atoms with Gasteiger partial charge in [-0.15, -0.1) is 0 Å². The molecule has 2 aromatic rings. The molecule has 0 saturated carbocycles. The molecule has 38 heavy (non-hydrogen) atoms. The van der Waals surface area contributed by atoms with Gasteiger partial charge in [0.25, 0.3) is 0 Å². The Kier molecular flexibility index (Phi) is 10.3. The van der Waals surface area contributed by atoms with E-state index in [2.05, 4.69) is 20.9 Å². The highest BCUT2D eigenvalue weighted by Gasteiger charge is 2.43. The van der Waals surface area contributed by atoms with Crippen molar-refractivity contribution in [2.45, 2.75) is 63.7 Å². The number of amides is 1. The van der Waals surface area contributed by atoms with Crippen LogP contribution in [0, 0.1) is 6.92 Å². The minimum atomic E-state index is -5.08. The van der Waals surface area contributed by atoms with Crippen molar-refractivity contribution >= 4 is 17.8 Å². The largest absolute Gasteiger partial charge is 0.490 e. The lowest BCUT2D eigenvalue weighted by molar-refractivity contribution is -0.193. The van der Waals surface area contributed by atoms with Crippen LogP contribution in [0.4, 0.5) is 26.3 Å². The van der Waals surface area contributed by atoms with Gasteiger partial charge >= 0.3 is 24.3 Å². The van der Waals surface area contributed by atoms with Crippen LogP contribution in [0.25, 0.3) is 0 Å². The lowest BCUT2D eigenvalue weighted by Crippen LogP contribution is -2.51. The number of likely N-dealkylation sites (tertiary alicyclic amines) is 2. The summed E-state index contributed by atoms with van der Waals surface area (Å²) < 4.78 is 69.2. The second kappa shape index (κ2) is 12.8. The molecule has 2 aliphatic rings. The summed E-state index contributed by atoms with van der Waals surface area (Å²) >= 11 is 0. The average Bonchev–Trinajstić information content (AvgIpc) is 3.42. The van der Waals surface area contributed by atoms with Gasteiger partial charge in [0.2, 0.25) is 5.91 Å². The molecule has 1 amide bonds. The third kappa shape index (κ3) is 9.04. The van der Waals surface area contributed by atoms with Crippen molar-refractivity contribution < 1.29 is 55.4 Å². The molecule has 2 N–H and O–H groups in total. The molecule has 2 fully saturated rings. The van der Waals surface area contributed by atoms with Crippen molar-refractivity contribution in [3.05, 3.63) is 53.7 Å². The summed E-state index contributed by atoms with van der Waals surface area (Å²) in [6.07, 6.45) is -3.94. The zero-order valence-electron chi connectivity index (χ0n) is 20.0. The van der Waals surface area contributed by atoms with Crippen LogP contribution in [0.5, 0.6) is 0 Å². The summed E-state index contributed by atoms with van der Waals surface area (Å²) in [5.74, 6) is -3.26. The second-order valence-electron chi connectivity index (χ2n) is 8.43. The fourth-order valence-electron chi connectivity index (χ4n) is 4.09. The molecule has 2 saturated heterocycles. The maximum absolute atomic E-state index is 12.5. The van der Waals surface area contributed by atoms with Crippen LogP contribution in [0.3, 0.4) is 0 Å². The number of hydrogen-bond donors (Lipinski definition) is 2. The number of hydrogen-bond acceptors (Lipinski definition) is 6. The molecular formula is C23H25F6N3O6. The number of pyridine rings is 1. The maximum atomic E-state index is 12.5. The van der Waals surface area contributed by atoms with Gasteiger partial charge in [-0.2, -0.15) is 26.3 Å². The molecule has 0 spiro atoms. The first-order chi connectivity index (χ1) is 17.6. The third-order valence-corrected chi connectivity index (χ3v) is 5.74. The van der Waals surface area contributed by atoms with Gasteiger partial charge in [-0.3, -0.25) is 14.7 Å². The van der Waals surface area contributed by atoms with Crippen molar-refractivity contribution in [3.63, 3.8) is 0 Å². The molecule has 2 atom stereocenters. The van der Waals surface area contributed by atoms with Gasteiger partial charge < -0.3 is 19.5 Å². The van der Waals surface area contributed by atoms with Gasteiger partial charge in [-0.05, 0) is 49.6 Å². The van der Waals surface area contributed by atoms with Gasteiger partial charge in [0.1, 0.15) is 11.5 Å². The minimum absolute atomic E-state index is 0.281. The highest BCUT2D eigenvalue weighted by molar-refractivity contribution is 5.77. The van der Waals surface area contributed by atoms with Crippen LogP contribution in [0.15, 0.2) is 41.1 Å². The number of fused-ring (bicyclic) bond motifs is 1. The Morgan fingerprint density at radius 1 is 0.947 bits per heavy atom. The normalized spacial score (nSPS) is 19.6. The van der Waals surface area contributed by atoms with E-state index in [9.17, 15) is 31.1 Å². The number of alkyl halides is 6. The molecule has 4 heterocycles. The summed E-state index contributed by atoms with van der Waals surface area (Å²) in [5.41, 5.74) is 1.15. The van der Waals surface area contributed by atoms with Crippen LogP contribution in [-0.2, 0) is 27.5 Å². The predicted octanol–water partition coefficient (Wildman–Crippen LogP) is 4.02. The molecule has 2 aliphatic heterocycles. The van der Waals surface area contributed by atoms with E-state index < -0.39 is 24.3 Å². The number of nitrogens with zero attached hydrogens (tertiary/aromatic N) is 3. The molecule has 2 aromatic heterocycles. The third-order valence-electron chi connectivity index (χ3n) is 5.74. The lowest BCUT2D eigenvalue weighted by Gasteiger charge is -2.39. The second-order valence-corrected chi connectivity index (χ2v) is 8.43. The number of piperidine rings is 1. The highest BCUT2D eigenvalue weighted by atomic mass is 19.4. The number of aliphatic carboxylic acids is 2. The molecular weight excluding hydrogens is 528 g/mol. The summed E-state index contributed by atoms with van der Waals surface area (Å²) in [5, 5.41) is 14.2. The number of aromatic nitrogens is 1. The predicted molar refractivity (Wildman–Crippen MR) is 117 cm³/mol. The number of carboxylic acid groups (broad SMARTS) is 2. The number of carbonyl (C=O) groups is 3. The number of rotatable bonds is 4. The number of aryl methyl sites for hydroxylation is 1. The van der Waals surface area contributed by atoms with E-state index in [-0.39, 0.29) is 5.91 Å². The number of furan rings is 1. The summed E-state index contributed by atoms with van der Waals surface area (Å²) in [6, 6.07) is 8.82. The highest BCUT2D eigenvalue weighted by Crippen LogP contribution is 2.33. The molecule has 0 bridgehead atoms. The topological polar surface area (TPSA) is 124 Å². The average molecular weight is 553 g/mol. The molecule has 0 aromatic carbocycles. The Morgan fingerprint density at radius 2 is 1.50 bits per heavy atom. The van der Waals surface area contributed by atoms with Gasteiger partial charge in [-0.1, -0.05) is 0 Å². The molecule has 210 valence electrons. The van der Waals surface area contributed by atoms with E-state index in [1.165, 1.54) is 0 Å². The van der Waals surface area contributed by atoms with Crippen LogP contribution in [-0.4, -0.2) is 73.8 Å². The van der Waals surface area contributed by atoms with Crippen molar-refractivity contribution in [2.24, 2.45) is 0 Å². The SMILES string of the molecule is Cc1ccc(CN2CC[C@@H]3[C@H]2CCC(=O)N3Cc2ccncc2)o1.O=C(O)C(F)(F)F.O=C(O)C(F)(F)F. The first-order valence-electron chi connectivity index (χ1n) is 11.2. The van der Waals surface area contributed by atoms with Crippen molar-refractivity contribution in [2.75, 3.05) is 6.54 Å². The zero-order chi connectivity index (χ0) is 28.7. The lowest BCUT2D eigenvalue weighted by atomic mass is 9.95. The van der Waals surface area contributed by atoms with Gasteiger partial charge in [0.05, 0.1) is 6.54 Å². The van der Waals surface area contributed by atoms with E-state index in [1.807, 2.05) is 25.1 Å². The van der Waals surface area contributed by atoms with Crippen molar-refractivity contribution in [1.82, 2.24) is 14.8 Å². The first kappa shape index (κ1) is 30.6. The maximum Gasteiger partial charge on any atom is 0.490 e. The fourth-order valence-corrected chi connectivity index (χ4v) is 4.09. The van der Waals surface area contributed by atoms with E-state index in [0.717, 1.165) is 43.0 Å². The number of halogens is 6. The molecule has 4 rings (SSSR count). The fraction of sp³-hybridized carbons (Fsp3) is 0.478. The standard InChI is InChI=1S/C19H23N3O2.2C2HF3O2/c1-14-2-3-16(24-14)13-21-11-8-18-17(21)4-5-19(23)22(18)12-15-6-9-20-10-7-15;2*3-2(4,5)1(6)7/h2-3,6-7,9-10,17-18H,4-5,8,11-13H2,1H3;2*(H,6,7)/t17-,18-;;/m1../s1. The Morgan fingerprint density at radius 3 is 1.97 bits per heavy atom. The Hall–Kier alpha value is -3.62. The molecule has 0 aliphatic carbocycles. The van der Waals surface area contributed by atoms with Crippen LogP contribution in [0.1, 0.15) is 36.3 Å². The molecule has 15 heteroatoms. The number of carbonyl (C=O) groups excluding carboxylic acids is 1. The van der Waals surface area contributed by atoms with Gasteiger partial charge in [0, 0.05) is 44.0 Å². The summed E-state index contributed by atoms with van der Waals surface area (Å²) in [7, 11) is 0. The first-order valence-corrected chi connectivity index (χ1v) is 11.2. The van der Waals surface area contributed by atoms with Crippen LogP contribution < -0.4 is 0 Å². The van der Waals surface area contributed by atoms with Crippen LogP contribution in [0.2, 0.25) is 0 Å². The van der Waals surface area contributed by atoms with Gasteiger partial charge in [-0.25, -0.2) is 9.59 Å². The van der Waals surface area contributed by atoms with Gasteiger partial charge in [0.15, 0.2) is 0 Å². The van der Waals surface area contributed by atoms with E-state index in [1.54, 1.807) is 12.4 Å². The Labute approximate surface area is 212 Å². The minimum Gasteiger partial charge on any atom is -0.475 e. The van der Waals surface area contributed by atoms with Crippen LogP contribution >= 0.6 is 0 Å². The molecule has 0 radical (unpaired) electrons. The zero-order valence-corrected chi connectivity index (χ0v) is 20.0. The van der Waals surface area contributed by atoms with E-state index >= 15 is 0 Å². The smallest absolute Gasteiger partial charge is 0.475 e. The van der Waals surface area contributed by atoms with E-state index in [0.29, 0.717) is 25.0 Å². The molecule has 0 unspecified atom stereocenters. The quantitative estimate of drug-likeness (QED) is 0.545. The Bertz CT molecular complexity index is 1070. The monoisotopic (exact) mass is 553 g/mol. The Balaban J connectivity index is 0.000000301. The summed E-state index contributed by atoms with van der Waals surface area (Å²) in [4.78, 5) is 38.9. The molecule has 9 nitrogen and oxygen atoms in total. The van der Waals surface area contributed by atoms with E-state index in [4.69, 9.17) is 24.2 Å². The number of carboxylic acids is 2. The summed E-state index contributed by atoms with van der Waals surface area (Å²) in [6.45, 7) is 4.53. The van der Waals surface area contributed by atoms with Crippen molar-refractivity contribution in [3.8, 4) is 0 Å². The van der Waals surface area contributed by atoms with Crippen molar-refractivity contribution in [1.29, 1.82) is 0 Å².